The molecule has 0 bridgehead atoms. The molecule has 1 fully saturated rings. The van der Waals surface area contributed by atoms with E-state index in [1.165, 1.54) is 53.9 Å². The van der Waals surface area contributed by atoms with Crippen LogP contribution in [0.2, 0.25) is 0 Å². The molecule has 0 spiro atoms. The zero-order valence-corrected chi connectivity index (χ0v) is 16.8. The van der Waals surface area contributed by atoms with Crippen LogP contribution in [0.4, 0.5) is 17.6 Å². The molecule has 28 heavy (non-hydrogen) atoms. The van der Waals surface area contributed by atoms with E-state index < -0.39 is 23.3 Å². The predicted octanol–water partition coefficient (Wildman–Crippen LogP) is 8.07. The molecule has 0 radical (unpaired) electrons. The van der Waals surface area contributed by atoms with E-state index in [9.17, 15) is 17.6 Å². The average Bonchev–Trinajstić information content (AvgIpc) is 2.96. The van der Waals surface area contributed by atoms with E-state index in [1.807, 2.05) is 13.8 Å². The molecule has 150 valence electrons. The van der Waals surface area contributed by atoms with E-state index in [4.69, 9.17) is 5.11 Å². The molecule has 3 aromatic rings. The Bertz CT molecular complexity index is 986. The van der Waals surface area contributed by atoms with Crippen LogP contribution in [0.1, 0.15) is 38.0 Å². The highest BCUT2D eigenvalue weighted by molar-refractivity contribution is 7.19. The molecule has 1 aliphatic carbocycles. The summed E-state index contributed by atoms with van der Waals surface area (Å²) in [4.78, 5) is 0.718. The van der Waals surface area contributed by atoms with Gasteiger partial charge in [0.1, 0.15) is 5.82 Å². The smallest absolute Gasteiger partial charge is 0.195 e. The minimum atomic E-state index is -1.50. The number of rotatable bonds is 1. The summed E-state index contributed by atoms with van der Waals surface area (Å²) < 4.78 is 54.1. The summed E-state index contributed by atoms with van der Waals surface area (Å²) in [5.41, 5.74) is 1.66. The summed E-state index contributed by atoms with van der Waals surface area (Å²) in [6, 6.07) is 6.21. The highest BCUT2D eigenvalue weighted by Crippen LogP contribution is 2.40. The zero-order valence-electron chi connectivity index (χ0n) is 16.0. The minimum Gasteiger partial charge on any atom is -0.516 e. The largest absolute Gasteiger partial charge is 0.516 e. The highest BCUT2D eigenvalue weighted by Gasteiger charge is 2.19. The minimum absolute atomic E-state index is 0.0146. The summed E-state index contributed by atoms with van der Waals surface area (Å²) in [6.45, 7) is 5.73. The molecule has 0 aliphatic heterocycles. The molecule has 4 rings (SSSR count). The second-order valence-corrected chi connectivity index (χ2v) is 7.29. The van der Waals surface area contributed by atoms with Crippen molar-refractivity contribution in [3.63, 3.8) is 0 Å². The first kappa shape index (κ1) is 22.0. The van der Waals surface area contributed by atoms with Gasteiger partial charge in [-0.3, -0.25) is 0 Å². The molecule has 1 heterocycles. The fourth-order valence-electron chi connectivity index (χ4n) is 2.76. The van der Waals surface area contributed by atoms with Crippen LogP contribution >= 0.6 is 11.3 Å². The number of fused-ring (bicyclic) bond motifs is 1. The molecule has 0 amide bonds. The lowest BCUT2D eigenvalue weighted by molar-refractivity contribution is 0.447. The Balaban J connectivity index is 0.000000296. The van der Waals surface area contributed by atoms with Gasteiger partial charge in [-0.05, 0) is 62.1 Å². The van der Waals surface area contributed by atoms with Crippen LogP contribution in [0.15, 0.2) is 42.2 Å². The van der Waals surface area contributed by atoms with Gasteiger partial charge in [0.15, 0.2) is 17.5 Å². The zero-order chi connectivity index (χ0) is 20.8. The van der Waals surface area contributed by atoms with E-state index in [1.54, 1.807) is 6.92 Å². The molecule has 1 saturated carbocycles. The Morgan fingerprint density at radius 2 is 1.64 bits per heavy atom. The Morgan fingerprint density at radius 1 is 0.964 bits per heavy atom. The third-order valence-electron chi connectivity index (χ3n) is 4.31. The van der Waals surface area contributed by atoms with Crippen LogP contribution in [-0.4, -0.2) is 5.11 Å². The lowest BCUT2D eigenvalue weighted by Crippen LogP contribution is -1.94. The molecule has 1 aliphatic rings. The number of aryl methyl sites for hydroxylation is 1. The third kappa shape index (κ3) is 4.55. The highest BCUT2D eigenvalue weighted by atomic mass is 32.1. The molecule has 0 atom stereocenters. The van der Waals surface area contributed by atoms with Gasteiger partial charge < -0.3 is 5.11 Å². The van der Waals surface area contributed by atoms with Crippen LogP contribution in [-0.2, 0) is 0 Å². The third-order valence-corrected chi connectivity index (χ3v) is 5.38. The Labute approximate surface area is 166 Å². The number of benzene rings is 2. The fraction of sp³-hybridized carbons (Fsp3) is 0.273. The first-order valence-electron chi connectivity index (χ1n) is 9.07. The molecule has 0 unspecified atom stereocenters. The standard InChI is InChI=1S/C15H8F4S.C5H8O.C2H6/c1-7-13(9-3-2-8(16)6-12(9)20-7)10-4-5-11(17)15(19)14(10)18;6-4-5-2-1-3-5;1-2/h2-6H,1H3;4,6H,1-3H2;1-2H3. The quantitative estimate of drug-likeness (QED) is 0.244. The van der Waals surface area contributed by atoms with Crippen LogP contribution in [0.25, 0.3) is 21.2 Å². The van der Waals surface area contributed by atoms with E-state index in [0.717, 1.165) is 23.8 Å². The maximum atomic E-state index is 13.9. The Morgan fingerprint density at radius 3 is 2.18 bits per heavy atom. The second-order valence-electron chi connectivity index (χ2n) is 6.04. The topological polar surface area (TPSA) is 20.2 Å². The summed E-state index contributed by atoms with van der Waals surface area (Å²) in [6.07, 6.45) is 4.74. The number of halogens is 4. The van der Waals surface area contributed by atoms with Gasteiger partial charge in [0, 0.05) is 26.1 Å². The predicted molar refractivity (Wildman–Crippen MR) is 108 cm³/mol. The van der Waals surface area contributed by atoms with Gasteiger partial charge >= 0.3 is 0 Å². The molecule has 6 heteroatoms. The Hall–Kier alpha value is -2.34. The summed E-state index contributed by atoms with van der Waals surface area (Å²) in [7, 11) is 0. The Kier molecular flexibility index (Phi) is 7.63. The van der Waals surface area contributed by atoms with Gasteiger partial charge in [0.25, 0.3) is 0 Å². The van der Waals surface area contributed by atoms with Gasteiger partial charge in [-0.1, -0.05) is 13.8 Å². The number of aliphatic hydroxyl groups is 1. The first-order chi connectivity index (χ1) is 13.4. The fourth-order valence-corrected chi connectivity index (χ4v) is 3.86. The number of aliphatic hydroxyl groups excluding tert-OH is 1. The lowest BCUT2D eigenvalue weighted by atomic mass is 9.94. The van der Waals surface area contributed by atoms with Crippen molar-refractivity contribution in [3.8, 4) is 11.1 Å². The van der Waals surface area contributed by atoms with Gasteiger partial charge in [0.05, 0.1) is 6.26 Å². The van der Waals surface area contributed by atoms with E-state index >= 15 is 0 Å². The van der Waals surface area contributed by atoms with Crippen molar-refractivity contribution in [1.29, 1.82) is 0 Å². The van der Waals surface area contributed by atoms with Crippen LogP contribution in [0.3, 0.4) is 0 Å². The van der Waals surface area contributed by atoms with Crippen LogP contribution < -0.4 is 0 Å². The first-order valence-corrected chi connectivity index (χ1v) is 9.88. The van der Waals surface area contributed by atoms with Crippen LogP contribution in [0.5, 0.6) is 0 Å². The van der Waals surface area contributed by atoms with Crippen molar-refractivity contribution >= 4 is 21.4 Å². The maximum Gasteiger partial charge on any atom is 0.195 e. The van der Waals surface area contributed by atoms with Crippen molar-refractivity contribution < 1.29 is 22.7 Å². The normalized spacial score (nSPS) is 12.5. The van der Waals surface area contributed by atoms with Crippen LogP contribution in [0, 0.1) is 30.2 Å². The van der Waals surface area contributed by atoms with Crippen molar-refractivity contribution in [2.75, 3.05) is 0 Å². The molecule has 0 saturated heterocycles. The number of thiophene rings is 1. The number of hydrogen-bond acceptors (Lipinski definition) is 2. The van der Waals surface area contributed by atoms with Gasteiger partial charge in [-0.2, -0.15) is 0 Å². The van der Waals surface area contributed by atoms with Crippen molar-refractivity contribution in [2.45, 2.75) is 40.0 Å². The summed E-state index contributed by atoms with van der Waals surface area (Å²) in [5.74, 6) is -4.34. The van der Waals surface area contributed by atoms with Crippen molar-refractivity contribution in [2.24, 2.45) is 0 Å². The molecular weight excluding hydrogens is 388 g/mol. The lowest BCUT2D eigenvalue weighted by Gasteiger charge is -2.12. The number of allylic oxidation sites excluding steroid dienone is 1. The summed E-state index contributed by atoms with van der Waals surface area (Å²) in [5, 5.41) is 8.85. The van der Waals surface area contributed by atoms with Crippen molar-refractivity contribution in [1.82, 2.24) is 0 Å². The molecule has 1 aromatic heterocycles. The van der Waals surface area contributed by atoms with E-state index in [2.05, 4.69) is 0 Å². The van der Waals surface area contributed by atoms with Gasteiger partial charge in [-0.25, -0.2) is 17.6 Å². The molecule has 2 aromatic carbocycles. The average molecular weight is 410 g/mol. The molecule has 1 N–H and O–H groups in total. The SMILES string of the molecule is CC.Cc1sc2cc(F)ccc2c1-c1ccc(F)c(F)c1F.OC=C1CCC1. The number of hydrogen-bond donors (Lipinski definition) is 1. The molecular formula is C22H22F4OS. The second kappa shape index (κ2) is 9.73. The van der Waals surface area contributed by atoms with E-state index in [-0.39, 0.29) is 5.56 Å². The van der Waals surface area contributed by atoms with Gasteiger partial charge in [-0.15, -0.1) is 11.3 Å². The molecule has 1 nitrogen and oxygen atoms in total. The van der Waals surface area contributed by atoms with Gasteiger partial charge in [0.2, 0.25) is 0 Å². The monoisotopic (exact) mass is 410 g/mol. The summed E-state index contributed by atoms with van der Waals surface area (Å²) >= 11 is 1.28. The van der Waals surface area contributed by atoms with Crippen molar-refractivity contribution in [3.05, 3.63) is 70.3 Å². The van der Waals surface area contributed by atoms with E-state index in [0.29, 0.717) is 15.6 Å². The maximum absolute atomic E-state index is 13.9.